The maximum atomic E-state index is 3.43. The van der Waals surface area contributed by atoms with E-state index in [1.165, 1.54) is 12.8 Å². The first-order valence-corrected chi connectivity index (χ1v) is 4.19. The second-order valence-electron chi connectivity index (χ2n) is 2.72. The molecule has 0 saturated carbocycles. The maximum absolute atomic E-state index is 3.43. The summed E-state index contributed by atoms with van der Waals surface area (Å²) in [5, 5.41) is 6.55. The first-order chi connectivity index (χ1) is 4.81. The Morgan fingerprint density at radius 2 is 2.00 bits per heavy atom. The molecule has 2 heteroatoms. The highest BCUT2D eigenvalue weighted by molar-refractivity contribution is 4.57. The van der Waals surface area contributed by atoms with Gasteiger partial charge in [0.15, 0.2) is 0 Å². The van der Waals surface area contributed by atoms with Gasteiger partial charge in [0.05, 0.1) is 0 Å². The molecule has 0 aromatic rings. The van der Waals surface area contributed by atoms with E-state index in [-0.39, 0.29) is 0 Å². The Hall–Kier alpha value is -0.0800. The molecular formula is C8H20N2. The molecular weight excluding hydrogens is 124 g/mol. The summed E-state index contributed by atoms with van der Waals surface area (Å²) >= 11 is 0. The van der Waals surface area contributed by atoms with E-state index in [2.05, 4.69) is 24.5 Å². The lowest BCUT2D eigenvalue weighted by Gasteiger charge is -2.10. The van der Waals surface area contributed by atoms with Crippen molar-refractivity contribution in [3.8, 4) is 0 Å². The summed E-state index contributed by atoms with van der Waals surface area (Å²) in [5.41, 5.74) is 0. The molecule has 0 fully saturated rings. The van der Waals surface area contributed by atoms with Crippen molar-refractivity contribution in [2.75, 3.05) is 20.1 Å². The molecule has 10 heavy (non-hydrogen) atoms. The molecule has 1 atom stereocenters. The van der Waals surface area contributed by atoms with Gasteiger partial charge in [-0.2, -0.15) is 0 Å². The lowest BCUT2D eigenvalue weighted by molar-refractivity contribution is 0.519. The van der Waals surface area contributed by atoms with Crippen LogP contribution in [0.5, 0.6) is 0 Å². The Morgan fingerprint density at radius 1 is 1.30 bits per heavy atom. The lowest BCUT2D eigenvalue weighted by atomic mass is 10.2. The van der Waals surface area contributed by atoms with E-state index in [1.54, 1.807) is 0 Å². The van der Waals surface area contributed by atoms with Crippen LogP contribution >= 0.6 is 0 Å². The molecule has 0 aromatic carbocycles. The van der Waals surface area contributed by atoms with Crippen LogP contribution in [0.15, 0.2) is 0 Å². The second kappa shape index (κ2) is 7.03. The Balaban J connectivity index is 2.89. The summed E-state index contributed by atoms with van der Waals surface area (Å²) in [6, 6.07) is 0.678. The van der Waals surface area contributed by atoms with Gasteiger partial charge in [0.25, 0.3) is 0 Å². The standard InChI is InChI=1S/C8H20N2/c1-4-8(2)10-7-5-6-9-3/h8-10H,4-7H2,1-3H3. The molecule has 0 amide bonds. The van der Waals surface area contributed by atoms with Crippen LogP contribution in [-0.2, 0) is 0 Å². The fraction of sp³-hybridized carbons (Fsp3) is 1.00. The molecule has 0 aliphatic carbocycles. The van der Waals surface area contributed by atoms with E-state index in [4.69, 9.17) is 0 Å². The van der Waals surface area contributed by atoms with Crippen LogP contribution in [0.2, 0.25) is 0 Å². The Labute approximate surface area is 64.4 Å². The molecule has 0 heterocycles. The molecule has 0 rings (SSSR count). The topological polar surface area (TPSA) is 24.1 Å². The molecule has 0 aliphatic heterocycles. The highest BCUT2D eigenvalue weighted by Gasteiger charge is 1.94. The minimum Gasteiger partial charge on any atom is -0.320 e. The first-order valence-electron chi connectivity index (χ1n) is 4.19. The SMILES string of the molecule is CCC(C)NCCCNC. The largest absolute Gasteiger partial charge is 0.320 e. The van der Waals surface area contributed by atoms with Crippen LogP contribution in [-0.4, -0.2) is 26.2 Å². The van der Waals surface area contributed by atoms with Crippen molar-refractivity contribution in [2.24, 2.45) is 0 Å². The van der Waals surface area contributed by atoms with Crippen LogP contribution in [0.1, 0.15) is 26.7 Å². The average Bonchev–Trinajstić information content (AvgIpc) is 1.98. The monoisotopic (exact) mass is 144 g/mol. The molecule has 2 N–H and O–H groups in total. The minimum absolute atomic E-state index is 0.678. The molecule has 0 aromatic heterocycles. The van der Waals surface area contributed by atoms with Crippen molar-refractivity contribution in [1.82, 2.24) is 10.6 Å². The summed E-state index contributed by atoms with van der Waals surface area (Å²) < 4.78 is 0. The summed E-state index contributed by atoms with van der Waals surface area (Å²) in [5.74, 6) is 0. The summed E-state index contributed by atoms with van der Waals surface area (Å²) in [6.07, 6.45) is 2.44. The Morgan fingerprint density at radius 3 is 2.50 bits per heavy atom. The third kappa shape index (κ3) is 6.05. The predicted octanol–water partition coefficient (Wildman–Crippen LogP) is 0.984. The molecule has 0 aliphatic rings. The third-order valence-electron chi connectivity index (χ3n) is 1.71. The lowest BCUT2D eigenvalue weighted by Crippen LogP contribution is -2.27. The molecule has 0 bridgehead atoms. The fourth-order valence-corrected chi connectivity index (χ4v) is 0.758. The molecule has 0 saturated heterocycles. The van der Waals surface area contributed by atoms with Gasteiger partial charge in [-0.05, 0) is 39.9 Å². The van der Waals surface area contributed by atoms with E-state index in [0.717, 1.165) is 13.1 Å². The fourth-order valence-electron chi connectivity index (χ4n) is 0.758. The zero-order chi connectivity index (χ0) is 7.82. The van der Waals surface area contributed by atoms with Gasteiger partial charge in [-0.1, -0.05) is 6.92 Å². The van der Waals surface area contributed by atoms with E-state index in [0.29, 0.717) is 6.04 Å². The van der Waals surface area contributed by atoms with Gasteiger partial charge in [-0.25, -0.2) is 0 Å². The average molecular weight is 144 g/mol. The first kappa shape index (κ1) is 9.92. The zero-order valence-electron chi connectivity index (χ0n) is 7.41. The minimum atomic E-state index is 0.678. The van der Waals surface area contributed by atoms with Gasteiger partial charge in [-0.15, -0.1) is 0 Å². The van der Waals surface area contributed by atoms with Gasteiger partial charge in [-0.3, -0.25) is 0 Å². The van der Waals surface area contributed by atoms with Crippen molar-refractivity contribution < 1.29 is 0 Å². The van der Waals surface area contributed by atoms with Crippen LogP contribution in [0.25, 0.3) is 0 Å². The number of hydrogen-bond acceptors (Lipinski definition) is 2. The smallest absolute Gasteiger partial charge is 0.00361 e. The third-order valence-corrected chi connectivity index (χ3v) is 1.71. The summed E-state index contributed by atoms with van der Waals surface area (Å²) in [7, 11) is 1.99. The van der Waals surface area contributed by atoms with Gasteiger partial charge in [0.1, 0.15) is 0 Å². The summed E-state index contributed by atoms with van der Waals surface area (Å²) in [4.78, 5) is 0. The zero-order valence-corrected chi connectivity index (χ0v) is 7.41. The quantitative estimate of drug-likeness (QED) is 0.543. The number of rotatable bonds is 6. The van der Waals surface area contributed by atoms with E-state index < -0.39 is 0 Å². The van der Waals surface area contributed by atoms with Crippen LogP contribution in [0.3, 0.4) is 0 Å². The molecule has 0 radical (unpaired) electrons. The van der Waals surface area contributed by atoms with Crippen LogP contribution in [0.4, 0.5) is 0 Å². The van der Waals surface area contributed by atoms with Crippen molar-refractivity contribution >= 4 is 0 Å². The van der Waals surface area contributed by atoms with E-state index in [1.807, 2.05) is 7.05 Å². The Bertz CT molecular complexity index is 64.3. The second-order valence-corrected chi connectivity index (χ2v) is 2.72. The Kier molecular flexibility index (Phi) is 6.98. The molecule has 1 unspecified atom stereocenters. The summed E-state index contributed by atoms with van der Waals surface area (Å²) in [6.45, 7) is 6.67. The van der Waals surface area contributed by atoms with E-state index in [9.17, 15) is 0 Å². The number of hydrogen-bond donors (Lipinski definition) is 2. The van der Waals surface area contributed by atoms with Crippen molar-refractivity contribution in [3.05, 3.63) is 0 Å². The van der Waals surface area contributed by atoms with Crippen molar-refractivity contribution in [1.29, 1.82) is 0 Å². The maximum Gasteiger partial charge on any atom is 0.00361 e. The molecule has 2 nitrogen and oxygen atoms in total. The highest BCUT2D eigenvalue weighted by atomic mass is 14.9. The van der Waals surface area contributed by atoms with Gasteiger partial charge >= 0.3 is 0 Å². The van der Waals surface area contributed by atoms with Gasteiger partial charge < -0.3 is 10.6 Å². The predicted molar refractivity (Wildman–Crippen MR) is 46.3 cm³/mol. The molecule has 0 spiro atoms. The van der Waals surface area contributed by atoms with Crippen LogP contribution in [0, 0.1) is 0 Å². The molecule has 62 valence electrons. The highest BCUT2D eigenvalue weighted by Crippen LogP contribution is 1.86. The van der Waals surface area contributed by atoms with Crippen molar-refractivity contribution in [2.45, 2.75) is 32.7 Å². The van der Waals surface area contributed by atoms with Crippen molar-refractivity contribution in [3.63, 3.8) is 0 Å². The van der Waals surface area contributed by atoms with Gasteiger partial charge in [0, 0.05) is 6.04 Å². The normalized spacial score (nSPS) is 13.5. The van der Waals surface area contributed by atoms with E-state index >= 15 is 0 Å². The van der Waals surface area contributed by atoms with Gasteiger partial charge in [0.2, 0.25) is 0 Å². The number of nitrogens with one attached hydrogen (secondary N) is 2. The van der Waals surface area contributed by atoms with Crippen LogP contribution < -0.4 is 10.6 Å².